The van der Waals surface area contributed by atoms with Gasteiger partial charge in [-0.1, -0.05) is 42.5 Å². The molecule has 0 saturated carbocycles. The van der Waals surface area contributed by atoms with Gasteiger partial charge < -0.3 is 20.4 Å². The van der Waals surface area contributed by atoms with Crippen LogP contribution in [0, 0.1) is 11.3 Å². The van der Waals surface area contributed by atoms with E-state index in [-0.39, 0.29) is 37.0 Å². The van der Waals surface area contributed by atoms with Crippen LogP contribution in [0.5, 0.6) is 5.88 Å². The number of benzene rings is 2. The Bertz CT molecular complexity index is 1240. The number of anilines is 1. The van der Waals surface area contributed by atoms with E-state index in [1.165, 1.54) is 11.1 Å². The van der Waals surface area contributed by atoms with Gasteiger partial charge in [0.25, 0.3) is 0 Å². The van der Waals surface area contributed by atoms with E-state index in [9.17, 15) is 0 Å². The van der Waals surface area contributed by atoms with E-state index in [2.05, 4.69) is 57.0 Å². The Morgan fingerprint density at radius 2 is 1.86 bits per heavy atom. The van der Waals surface area contributed by atoms with Crippen molar-refractivity contribution in [3.05, 3.63) is 102 Å². The van der Waals surface area contributed by atoms with Gasteiger partial charge in [0.05, 0.1) is 29.9 Å². The molecule has 0 aliphatic carbocycles. The van der Waals surface area contributed by atoms with Gasteiger partial charge in [0.2, 0.25) is 5.88 Å². The summed E-state index contributed by atoms with van der Waals surface area (Å²) in [6.45, 7) is 1.47. The zero-order valence-corrected chi connectivity index (χ0v) is 20.6. The van der Waals surface area contributed by atoms with Crippen molar-refractivity contribution in [1.82, 2.24) is 15.3 Å². The minimum atomic E-state index is -0.105. The molecule has 4 aromatic rings. The largest absolute Gasteiger partial charge is 0.469 e. The maximum Gasteiger partial charge on any atom is 0.237 e. The number of nitriles is 1. The van der Waals surface area contributed by atoms with Crippen LogP contribution >= 0.6 is 24.8 Å². The number of hydrogen-bond acceptors (Lipinski definition) is 5. The fraction of sp³-hybridized carbons (Fsp3) is 0.185. The van der Waals surface area contributed by atoms with Crippen molar-refractivity contribution >= 4 is 30.5 Å². The van der Waals surface area contributed by atoms with E-state index in [1.54, 1.807) is 0 Å². The molecule has 5 rings (SSSR count). The number of ether oxygens (including phenoxy) is 1. The second kappa shape index (κ2) is 12.3. The monoisotopic (exact) mass is 507 g/mol. The average molecular weight is 508 g/mol. The van der Waals surface area contributed by atoms with Crippen molar-refractivity contribution in [1.29, 1.82) is 5.26 Å². The second-order valence-corrected chi connectivity index (χ2v) is 8.11. The molecule has 0 unspecified atom stereocenters. The molecule has 35 heavy (non-hydrogen) atoms. The summed E-state index contributed by atoms with van der Waals surface area (Å²) in [6, 6.07) is 24.4. The van der Waals surface area contributed by atoms with Gasteiger partial charge in [0.15, 0.2) is 0 Å². The summed E-state index contributed by atoms with van der Waals surface area (Å²) >= 11 is 0. The first-order chi connectivity index (χ1) is 16.3. The van der Waals surface area contributed by atoms with Crippen molar-refractivity contribution in [2.75, 3.05) is 18.4 Å². The molecule has 2 aromatic heterocycles. The van der Waals surface area contributed by atoms with Gasteiger partial charge in [-0.25, -0.2) is 4.98 Å². The minimum absolute atomic E-state index is 0. The lowest BCUT2D eigenvalue weighted by atomic mass is 9.99. The topological polar surface area (TPSA) is 85.8 Å². The molecule has 0 amide bonds. The van der Waals surface area contributed by atoms with Crippen LogP contribution in [0.15, 0.2) is 85.3 Å². The maximum atomic E-state index is 8.99. The van der Waals surface area contributed by atoms with Crippen LogP contribution in [0.1, 0.15) is 22.7 Å². The van der Waals surface area contributed by atoms with Crippen LogP contribution in [-0.4, -0.2) is 29.2 Å². The van der Waals surface area contributed by atoms with E-state index in [0.717, 1.165) is 29.8 Å². The van der Waals surface area contributed by atoms with Crippen LogP contribution in [0.3, 0.4) is 0 Å². The molecule has 1 aliphatic heterocycles. The summed E-state index contributed by atoms with van der Waals surface area (Å²) in [5.74, 6) is 0.625. The normalized spacial score (nSPS) is 14.7. The zero-order valence-electron chi connectivity index (χ0n) is 19.0. The quantitative estimate of drug-likeness (QED) is 0.305. The molecule has 3 heterocycles. The highest BCUT2D eigenvalue weighted by Crippen LogP contribution is 2.34. The zero-order chi connectivity index (χ0) is 22.5. The molecular weight excluding hydrogens is 481 g/mol. The van der Waals surface area contributed by atoms with E-state index in [4.69, 9.17) is 10.00 Å². The molecule has 6 nitrogen and oxygen atoms in total. The third kappa shape index (κ3) is 6.14. The highest BCUT2D eigenvalue weighted by Gasteiger charge is 2.29. The van der Waals surface area contributed by atoms with Crippen molar-refractivity contribution in [2.24, 2.45) is 0 Å². The minimum Gasteiger partial charge on any atom is -0.469 e. The van der Waals surface area contributed by atoms with E-state index in [1.807, 2.05) is 55.0 Å². The lowest BCUT2D eigenvalue weighted by Gasteiger charge is -2.33. The van der Waals surface area contributed by atoms with Crippen molar-refractivity contribution in [3.8, 4) is 23.1 Å². The van der Waals surface area contributed by atoms with E-state index >= 15 is 0 Å². The van der Waals surface area contributed by atoms with Crippen LogP contribution in [0.25, 0.3) is 11.1 Å². The Morgan fingerprint density at radius 1 is 1.06 bits per heavy atom. The molecule has 0 radical (unpaired) electrons. The third-order valence-corrected chi connectivity index (χ3v) is 5.93. The smallest absolute Gasteiger partial charge is 0.237 e. The number of H-pyrrole nitrogens is 1. The van der Waals surface area contributed by atoms with Gasteiger partial charge in [-0.2, -0.15) is 5.26 Å². The van der Waals surface area contributed by atoms with Crippen LogP contribution in [0.2, 0.25) is 0 Å². The average Bonchev–Trinajstić information content (AvgIpc) is 3.42. The van der Waals surface area contributed by atoms with Crippen LogP contribution < -0.4 is 15.4 Å². The number of fused-ring (bicyclic) bond motifs is 1. The highest BCUT2D eigenvalue weighted by molar-refractivity contribution is 5.85. The van der Waals surface area contributed by atoms with Crippen LogP contribution in [0.4, 0.5) is 5.69 Å². The molecule has 0 saturated heterocycles. The lowest BCUT2D eigenvalue weighted by molar-refractivity contribution is 0.150. The Morgan fingerprint density at radius 3 is 2.57 bits per heavy atom. The first-order valence-corrected chi connectivity index (χ1v) is 11.1. The Kier molecular flexibility index (Phi) is 9.16. The molecule has 0 bridgehead atoms. The summed E-state index contributed by atoms with van der Waals surface area (Å²) in [6.07, 6.45) is 6.47. The summed E-state index contributed by atoms with van der Waals surface area (Å²) < 4.78 is 6.37. The number of hydrogen-bond donors (Lipinski definition) is 3. The predicted octanol–water partition coefficient (Wildman–Crippen LogP) is 5.54. The van der Waals surface area contributed by atoms with Gasteiger partial charge >= 0.3 is 0 Å². The number of nitrogens with one attached hydrogen (secondary N) is 3. The molecule has 180 valence electrons. The van der Waals surface area contributed by atoms with E-state index < -0.39 is 0 Å². The Balaban J connectivity index is 0.00000171. The number of pyridine rings is 1. The first-order valence-electron chi connectivity index (χ1n) is 11.1. The summed E-state index contributed by atoms with van der Waals surface area (Å²) in [5, 5.41) is 16.2. The van der Waals surface area contributed by atoms with Crippen molar-refractivity contribution in [2.45, 2.75) is 18.6 Å². The first kappa shape index (κ1) is 26.1. The fourth-order valence-electron chi connectivity index (χ4n) is 4.16. The molecule has 8 heteroatoms. The van der Waals surface area contributed by atoms with E-state index in [0.29, 0.717) is 18.0 Å². The van der Waals surface area contributed by atoms with Crippen LogP contribution in [-0.2, 0) is 6.42 Å². The molecule has 0 spiro atoms. The molecule has 2 atom stereocenters. The predicted molar refractivity (Wildman–Crippen MR) is 143 cm³/mol. The molecule has 1 aliphatic rings. The standard InChI is InChI=1S/C27H25N5O.2ClH/c28-15-20-8-6-19(7-9-20)10-13-30-26(21-4-2-1-3-5-21)25-18-31-24-14-23(17-32-27(24)33-25)22-11-12-29-16-22;;/h1-9,11-12,14,16-17,25-26,29-31H,10,13,18H2;2*1H/t25-,26+;;/m0../s1. The van der Waals surface area contributed by atoms with Gasteiger partial charge in [0, 0.05) is 29.7 Å². The second-order valence-electron chi connectivity index (χ2n) is 8.11. The van der Waals surface area contributed by atoms with Gasteiger partial charge in [0.1, 0.15) is 6.10 Å². The number of aromatic amines is 1. The molecular formula is C27H27Cl2N5O. The van der Waals surface area contributed by atoms with Gasteiger partial charge in [-0.3, -0.25) is 0 Å². The maximum absolute atomic E-state index is 8.99. The number of aromatic nitrogens is 2. The summed E-state index contributed by atoms with van der Waals surface area (Å²) in [7, 11) is 0. The molecule has 2 aromatic carbocycles. The molecule has 0 fully saturated rings. The molecule has 3 N–H and O–H groups in total. The van der Waals surface area contributed by atoms with Crippen molar-refractivity contribution < 1.29 is 4.74 Å². The fourth-order valence-corrected chi connectivity index (χ4v) is 4.16. The summed E-state index contributed by atoms with van der Waals surface area (Å²) in [5.41, 5.74) is 6.11. The number of halogens is 2. The Hall–Kier alpha value is -3.50. The highest BCUT2D eigenvalue weighted by atomic mass is 35.5. The Labute approximate surface area is 217 Å². The van der Waals surface area contributed by atoms with Gasteiger partial charge in [-0.15, -0.1) is 24.8 Å². The SMILES string of the molecule is Cl.Cl.N#Cc1ccc(CCN[C@H](c2ccccc2)[C@@H]2CNc3cc(-c4cc[nH]c4)cnc3O2)cc1. The number of nitrogens with zero attached hydrogens (tertiary/aromatic N) is 2. The number of rotatable bonds is 7. The van der Waals surface area contributed by atoms with Gasteiger partial charge in [-0.05, 0) is 48.4 Å². The summed E-state index contributed by atoms with van der Waals surface area (Å²) in [4.78, 5) is 7.68. The van der Waals surface area contributed by atoms with Crippen molar-refractivity contribution in [3.63, 3.8) is 0 Å². The third-order valence-electron chi connectivity index (χ3n) is 5.93. The lowest BCUT2D eigenvalue weighted by Crippen LogP contribution is -2.43.